The minimum atomic E-state index is -3.84. The predicted molar refractivity (Wildman–Crippen MR) is 131 cm³/mol. The molecular weight excluding hydrogens is 414 g/mol. The second-order valence-corrected chi connectivity index (χ2v) is 9.84. The van der Waals surface area contributed by atoms with Gasteiger partial charge in [0, 0.05) is 10.9 Å². The average molecular weight is 438 g/mol. The van der Waals surface area contributed by atoms with E-state index in [4.69, 9.17) is 0 Å². The van der Waals surface area contributed by atoms with Crippen molar-refractivity contribution in [3.05, 3.63) is 114 Å². The molecule has 0 aliphatic heterocycles. The molecule has 0 atom stereocenters. The highest BCUT2D eigenvalue weighted by molar-refractivity contribution is 7.90. The zero-order chi connectivity index (χ0) is 22.3. The zero-order valence-corrected chi connectivity index (χ0v) is 18.8. The van der Waals surface area contributed by atoms with Crippen molar-refractivity contribution in [3.8, 4) is 22.4 Å². The molecule has 0 saturated heterocycles. The number of aryl methyl sites for hydroxylation is 2. The molecule has 0 amide bonds. The van der Waals surface area contributed by atoms with Gasteiger partial charge < -0.3 is 0 Å². The molecule has 0 N–H and O–H groups in total. The first-order valence-electron chi connectivity index (χ1n) is 10.5. The van der Waals surface area contributed by atoms with E-state index in [9.17, 15) is 8.42 Å². The predicted octanol–water partition coefficient (Wildman–Crippen LogP) is 6.83. The molecule has 0 radical (unpaired) electrons. The van der Waals surface area contributed by atoms with Gasteiger partial charge in [0.2, 0.25) is 0 Å². The lowest BCUT2D eigenvalue weighted by atomic mass is 9.98. The lowest BCUT2D eigenvalue weighted by molar-refractivity contribution is 0.589. The summed E-state index contributed by atoms with van der Waals surface area (Å²) in [4.78, 5) is 0.275. The summed E-state index contributed by atoms with van der Waals surface area (Å²) in [5.74, 6) is 0. The molecule has 4 heteroatoms. The van der Waals surface area contributed by atoms with Crippen LogP contribution in [0, 0.1) is 13.8 Å². The van der Waals surface area contributed by atoms with Crippen LogP contribution >= 0.6 is 0 Å². The van der Waals surface area contributed by atoms with Gasteiger partial charge in [-0.1, -0.05) is 96.1 Å². The molecule has 0 aliphatic rings. The van der Waals surface area contributed by atoms with Crippen LogP contribution in [0.3, 0.4) is 0 Å². The number of para-hydroxylation sites is 1. The smallest absolute Gasteiger partial charge is 0.233 e. The highest BCUT2D eigenvalue weighted by atomic mass is 32.2. The summed E-state index contributed by atoms with van der Waals surface area (Å²) in [5.41, 5.74) is 6.25. The first-order chi connectivity index (χ1) is 15.5. The Kier molecular flexibility index (Phi) is 4.95. The first-order valence-corrected chi connectivity index (χ1v) is 12.0. The van der Waals surface area contributed by atoms with Gasteiger partial charge in [-0.2, -0.15) is 0 Å². The summed E-state index contributed by atoms with van der Waals surface area (Å²) in [6.07, 6.45) is 0. The van der Waals surface area contributed by atoms with Gasteiger partial charge in [-0.3, -0.25) is 0 Å². The molecule has 5 rings (SSSR count). The Morgan fingerprint density at radius 3 is 1.81 bits per heavy atom. The number of benzene rings is 4. The third kappa shape index (κ3) is 3.33. The van der Waals surface area contributed by atoms with Gasteiger partial charge in [0.15, 0.2) is 0 Å². The number of fused-ring (bicyclic) bond motifs is 1. The molecule has 0 spiro atoms. The highest BCUT2D eigenvalue weighted by Crippen LogP contribution is 2.42. The lowest BCUT2D eigenvalue weighted by Crippen LogP contribution is -2.14. The van der Waals surface area contributed by atoms with Crippen LogP contribution in [0.5, 0.6) is 0 Å². The van der Waals surface area contributed by atoms with Crippen molar-refractivity contribution >= 4 is 20.9 Å². The monoisotopic (exact) mass is 437 g/mol. The quantitative estimate of drug-likeness (QED) is 0.309. The summed E-state index contributed by atoms with van der Waals surface area (Å²) in [6, 6.07) is 32.8. The lowest BCUT2D eigenvalue weighted by Gasteiger charge is -2.14. The Labute approximate surface area is 188 Å². The zero-order valence-electron chi connectivity index (χ0n) is 18.0. The third-order valence-electron chi connectivity index (χ3n) is 5.78. The molecule has 0 aliphatic carbocycles. The van der Waals surface area contributed by atoms with E-state index in [2.05, 4.69) is 0 Å². The van der Waals surface area contributed by atoms with E-state index in [0.717, 1.165) is 33.2 Å². The highest BCUT2D eigenvalue weighted by Gasteiger charge is 2.28. The van der Waals surface area contributed by atoms with Crippen LogP contribution in [0.1, 0.15) is 11.1 Å². The molecule has 1 heterocycles. The number of hydrogen-bond acceptors (Lipinski definition) is 2. The van der Waals surface area contributed by atoms with Crippen molar-refractivity contribution in [2.24, 2.45) is 0 Å². The van der Waals surface area contributed by atoms with Gasteiger partial charge in [0.25, 0.3) is 10.0 Å². The molecular formula is C28H23NO2S. The Morgan fingerprint density at radius 1 is 0.594 bits per heavy atom. The number of rotatable bonds is 4. The summed E-state index contributed by atoms with van der Waals surface area (Å²) >= 11 is 0. The topological polar surface area (TPSA) is 39.1 Å². The standard InChI is InChI=1S/C28H23NO2S/c1-20-12-16-23(17-13-20)28-27(22-8-4-3-5-9-22)25-10-6-7-11-26(25)29(28)32(30,31)24-18-14-21(2)15-19-24/h3-19H,1-2H3. The normalized spacial score (nSPS) is 11.7. The molecule has 32 heavy (non-hydrogen) atoms. The van der Waals surface area contributed by atoms with Gasteiger partial charge in [0.1, 0.15) is 0 Å². The van der Waals surface area contributed by atoms with Gasteiger partial charge in [-0.15, -0.1) is 0 Å². The van der Waals surface area contributed by atoms with E-state index in [0.29, 0.717) is 11.2 Å². The molecule has 158 valence electrons. The van der Waals surface area contributed by atoms with Crippen LogP contribution in [0.4, 0.5) is 0 Å². The second kappa shape index (κ2) is 7.81. The fourth-order valence-electron chi connectivity index (χ4n) is 4.15. The Hall–Kier alpha value is -3.63. The van der Waals surface area contributed by atoms with E-state index < -0.39 is 10.0 Å². The Morgan fingerprint density at radius 2 is 1.16 bits per heavy atom. The van der Waals surface area contributed by atoms with Crippen molar-refractivity contribution < 1.29 is 8.42 Å². The van der Waals surface area contributed by atoms with Gasteiger partial charge >= 0.3 is 0 Å². The van der Waals surface area contributed by atoms with Crippen molar-refractivity contribution in [2.45, 2.75) is 18.7 Å². The van der Waals surface area contributed by atoms with Crippen LogP contribution in [-0.4, -0.2) is 12.4 Å². The number of nitrogens with zero attached hydrogens (tertiary/aromatic N) is 1. The summed E-state index contributed by atoms with van der Waals surface area (Å²) in [5, 5.41) is 0.907. The molecule has 0 bridgehead atoms. The molecule has 3 nitrogen and oxygen atoms in total. The van der Waals surface area contributed by atoms with E-state index in [1.165, 1.54) is 3.97 Å². The van der Waals surface area contributed by atoms with E-state index in [1.54, 1.807) is 12.1 Å². The maximum atomic E-state index is 14.0. The van der Waals surface area contributed by atoms with Crippen LogP contribution in [0.15, 0.2) is 108 Å². The first kappa shape index (κ1) is 20.3. The molecule has 0 saturated carbocycles. The van der Waals surface area contributed by atoms with Crippen LogP contribution < -0.4 is 0 Å². The van der Waals surface area contributed by atoms with Crippen LogP contribution in [0.2, 0.25) is 0 Å². The fraction of sp³-hybridized carbons (Fsp3) is 0.0714. The largest absolute Gasteiger partial charge is 0.268 e. The Bertz CT molecular complexity index is 1510. The fourth-order valence-corrected chi connectivity index (χ4v) is 5.69. The summed E-state index contributed by atoms with van der Waals surface area (Å²) in [7, 11) is -3.84. The minimum absolute atomic E-state index is 0.275. The van der Waals surface area contributed by atoms with E-state index in [-0.39, 0.29) is 4.90 Å². The van der Waals surface area contributed by atoms with Crippen molar-refractivity contribution in [1.82, 2.24) is 3.97 Å². The molecule has 0 fully saturated rings. The van der Waals surface area contributed by atoms with E-state index in [1.807, 2.05) is 105 Å². The van der Waals surface area contributed by atoms with Gasteiger partial charge in [-0.25, -0.2) is 12.4 Å². The molecule has 0 unspecified atom stereocenters. The van der Waals surface area contributed by atoms with Gasteiger partial charge in [-0.05, 0) is 43.2 Å². The third-order valence-corrected chi connectivity index (χ3v) is 7.51. The number of aromatic nitrogens is 1. The molecule has 4 aromatic carbocycles. The Balaban J connectivity index is 1.94. The SMILES string of the molecule is Cc1ccc(-c2c(-c3ccccc3)c3ccccc3n2S(=O)(=O)c2ccc(C)cc2)cc1. The van der Waals surface area contributed by atoms with Crippen molar-refractivity contribution in [2.75, 3.05) is 0 Å². The second-order valence-electron chi connectivity index (χ2n) is 8.06. The van der Waals surface area contributed by atoms with Crippen molar-refractivity contribution in [3.63, 3.8) is 0 Å². The minimum Gasteiger partial charge on any atom is -0.233 e. The van der Waals surface area contributed by atoms with Crippen LogP contribution in [-0.2, 0) is 10.0 Å². The number of hydrogen-bond donors (Lipinski definition) is 0. The summed E-state index contributed by atoms with van der Waals surface area (Å²) < 4.78 is 29.6. The maximum Gasteiger partial charge on any atom is 0.268 e. The van der Waals surface area contributed by atoms with Gasteiger partial charge in [0.05, 0.1) is 16.1 Å². The van der Waals surface area contributed by atoms with Crippen molar-refractivity contribution in [1.29, 1.82) is 0 Å². The maximum absolute atomic E-state index is 14.0. The van der Waals surface area contributed by atoms with Crippen LogP contribution in [0.25, 0.3) is 33.3 Å². The summed E-state index contributed by atoms with van der Waals surface area (Å²) in [6.45, 7) is 3.98. The van der Waals surface area contributed by atoms with E-state index >= 15 is 0 Å². The molecule has 5 aromatic rings. The molecule has 1 aromatic heterocycles. The average Bonchev–Trinajstić information content (AvgIpc) is 3.16.